The van der Waals surface area contributed by atoms with Crippen molar-refractivity contribution in [2.24, 2.45) is 28.9 Å². The molecule has 0 fully saturated rings. The van der Waals surface area contributed by atoms with Gasteiger partial charge in [-0.15, -0.1) is 22.7 Å². The molecule has 31 heteroatoms. The number of hydrogen-bond donors (Lipinski definition) is 16. The Morgan fingerprint density at radius 1 is 0.786 bits per heavy atom. The summed E-state index contributed by atoms with van der Waals surface area (Å²) >= 11 is 6.15. The molecule has 21 N–H and O–H groups in total. The summed E-state index contributed by atoms with van der Waals surface area (Å²) < 4.78 is 0.626. The highest BCUT2D eigenvalue weighted by atomic mass is 79.9. The number of rotatable bonds is 38. The standard InChI is InChI=1S/C53H78BrN19O9S2/c1-28-42(71-47(73-45(28)58)36(22-40(57)75)65-24-34(56)46(59)77)52(82)69-37(21-32-23-62-27-66-32)50(80)68-35(20-31-10-4-5-11-33(31)54)44(76)29(2)48(78)72-43(30(3)74)51(81)64-19-12-41-67-39(26-83-41)53-70-38(25-84-53)49(79)63-18-9-17-61-15-7-6-14-60-16-8-13-55/h4-5,10-11,23,25-27,29-30,34-37,43-44,60-61,65,74,76H,6-9,12-22,24,55-56H2,1-3H3,(H2,57,75)(H2,59,77)(H,62,66)(H,63,79)(H,64,81)(H,68,80)(H,69,82)(H,72,78)(H2,58,71,73)/t29-,30+,34-,35+,36-,37-,43-,44-/m0/s1. The van der Waals surface area contributed by atoms with Gasteiger partial charge in [-0.1, -0.05) is 41.1 Å². The molecule has 1 aromatic carbocycles. The number of carbonyl (C=O) groups excluding carboxylic acids is 7. The van der Waals surface area contributed by atoms with Gasteiger partial charge in [0, 0.05) is 71.6 Å². The van der Waals surface area contributed by atoms with Crippen LogP contribution >= 0.6 is 38.6 Å². The van der Waals surface area contributed by atoms with Crippen molar-refractivity contribution in [3.05, 3.63) is 91.1 Å². The van der Waals surface area contributed by atoms with Gasteiger partial charge in [0.15, 0.2) is 0 Å². The van der Waals surface area contributed by atoms with Crippen LogP contribution in [0, 0.1) is 12.8 Å². The molecule has 0 spiro atoms. The van der Waals surface area contributed by atoms with Gasteiger partial charge < -0.3 is 86.4 Å². The van der Waals surface area contributed by atoms with Crippen molar-refractivity contribution in [2.75, 3.05) is 58.1 Å². The normalized spacial score (nSPS) is 14.2. The molecule has 0 saturated heterocycles. The van der Waals surface area contributed by atoms with E-state index in [-0.39, 0.29) is 60.4 Å². The topological polar surface area (TPSA) is 467 Å². The average Bonchev–Trinajstić information content (AvgIpc) is 4.38. The summed E-state index contributed by atoms with van der Waals surface area (Å²) in [5.41, 5.74) is 30.1. The van der Waals surface area contributed by atoms with Gasteiger partial charge in [-0.2, -0.15) is 0 Å². The molecule has 5 rings (SSSR count). The van der Waals surface area contributed by atoms with Crippen LogP contribution in [0.5, 0.6) is 0 Å². The number of carbonyl (C=O) groups is 7. The molecule has 0 radical (unpaired) electrons. The molecule has 0 unspecified atom stereocenters. The summed E-state index contributed by atoms with van der Waals surface area (Å²) in [6, 6.07) is 0.708. The fourth-order valence-electron chi connectivity index (χ4n) is 8.35. The molecule has 0 saturated carbocycles. The number of aliphatic hydroxyl groups excluding tert-OH is 2. The Kier molecular flexibility index (Phi) is 28.1. The van der Waals surface area contributed by atoms with Crippen LogP contribution in [0.2, 0.25) is 0 Å². The minimum Gasteiger partial charge on any atom is -0.391 e. The number of nitrogen functional groups attached to an aromatic ring is 1. The van der Waals surface area contributed by atoms with Gasteiger partial charge in [0.05, 0.1) is 47.6 Å². The highest BCUT2D eigenvalue weighted by Crippen LogP contribution is 2.26. The van der Waals surface area contributed by atoms with Gasteiger partial charge in [-0.05, 0) is 90.3 Å². The lowest BCUT2D eigenvalue weighted by molar-refractivity contribution is -0.136. The number of benzene rings is 1. The lowest BCUT2D eigenvalue weighted by Gasteiger charge is -2.31. The number of halogens is 1. The second-order valence-electron chi connectivity index (χ2n) is 20.0. The van der Waals surface area contributed by atoms with E-state index < -0.39 is 90.2 Å². The number of nitrogens with two attached hydrogens (primary N) is 5. The third kappa shape index (κ3) is 21.6. The summed E-state index contributed by atoms with van der Waals surface area (Å²) in [5.74, 6) is -6.73. The molecule has 0 aliphatic rings. The van der Waals surface area contributed by atoms with Gasteiger partial charge in [-0.3, -0.25) is 33.6 Å². The lowest BCUT2D eigenvalue weighted by atomic mass is 9.91. The largest absolute Gasteiger partial charge is 0.391 e. The van der Waals surface area contributed by atoms with E-state index in [4.69, 9.17) is 28.7 Å². The number of imidazole rings is 1. The van der Waals surface area contributed by atoms with Crippen LogP contribution in [0.25, 0.3) is 10.7 Å². The van der Waals surface area contributed by atoms with Crippen LogP contribution in [-0.2, 0) is 43.2 Å². The zero-order chi connectivity index (χ0) is 61.3. The number of thiazole rings is 2. The van der Waals surface area contributed by atoms with E-state index in [0.717, 1.165) is 51.9 Å². The maximum Gasteiger partial charge on any atom is 0.271 e. The van der Waals surface area contributed by atoms with E-state index in [1.165, 1.54) is 56.0 Å². The number of hydrogen-bond acceptors (Lipinski definition) is 22. The number of aromatic nitrogens is 6. The molecule has 4 aromatic heterocycles. The highest BCUT2D eigenvalue weighted by molar-refractivity contribution is 9.10. The van der Waals surface area contributed by atoms with Gasteiger partial charge in [0.25, 0.3) is 11.8 Å². The number of primary amides is 2. The van der Waals surface area contributed by atoms with Crippen LogP contribution in [-0.4, -0.2) is 170 Å². The molecule has 5 aromatic rings. The summed E-state index contributed by atoms with van der Waals surface area (Å²) in [6.07, 6.45) is 3.37. The molecular weight excluding hydrogens is 1190 g/mol. The van der Waals surface area contributed by atoms with E-state index in [2.05, 4.69) is 88.4 Å². The summed E-state index contributed by atoms with van der Waals surface area (Å²) in [5, 5.41) is 50.9. The van der Waals surface area contributed by atoms with Gasteiger partial charge in [-0.25, -0.2) is 24.9 Å². The fourth-order valence-corrected chi connectivity index (χ4v) is 10.4. The Morgan fingerprint density at radius 2 is 1.50 bits per heavy atom. The predicted molar refractivity (Wildman–Crippen MR) is 321 cm³/mol. The third-order valence-electron chi connectivity index (χ3n) is 13.3. The SMILES string of the molecule is Cc1c(N)nc([C@H](CC(N)=O)NC[C@H](N)C(N)=O)nc1C(=O)N[C@@H](Cc1cnc[nH]1)C(=O)N[C@H](Cc1ccccc1Br)[C@@H](O)[C@H](C)C(=O)N[C@H](C(=O)NCCc1nc(-c2nc(C(=O)NCCCNCCCCNCCCN)cs2)cs1)[C@@H](C)O. The van der Waals surface area contributed by atoms with Crippen molar-refractivity contribution in [3.63, 3.8) is 0 Å². The molecular formula is C53H78BrN19O9S2. The van der Waals surface area contributed by atoms with E-state index in [0.29, 0.717) is 50.9 Å². The molecule has 0 aliphatic carbocycles. The molecule has 0 aliphatic heterocycles. The number of aromatic amines is 1. The van der Waals surface area contributed by atoms with E-state index >= 15 is 0 Å². The van der Waals surface area contributed by atoms with Crippen LogP contribution in [0.1, 0.15) is 101 Å². The van der Waals surface area contributed by atoms with E-state index in [1.54, 1.807) is 35.0 Å². The molecule has 28 nitrogen and oxygen atoms in total. The van der Waals surface area contributed by atoms with Crippen molar-refractivity contribution < 1.29 is 43.8 Å². The summed E-state index contributed by atoms with van der Waals surface area (Å²) in [6.45, 7) is 8.84. The first-order valence-corrected chi connectivity index (χ1v) is 30.0. The maximum atomic E-state index is 14.6. The van der Waals surface area contributed by atoms with E-state index in [1.807, 2.05) is 0 Å². The summed E-state index contributed by atoms with van der Waals surface area (Å²) in [7, 11) is 0. The Labute approximate surface area is 502 Å². The zero-order valence-corrected chi connectivity index (χ0v) is 50.3. The molecule has 4 heterocycles. The minimum absolute atomic E-state index is 0.0403. The first-order chi connectivity index (χ1) is 40.2. The van der Waals surface area contributed by atoms with Gasteiger partial charge >= 0.3 is 0 Å². The molecule has 8 atom stereocenters. The maximum absolute atomic E-state index is 14.6. The van der Waals surface area contributed by atoms with E-state index in [9.17, 15) is 43.8 Å². The molecule has 7 amide bonds. The predicted octanol–water partition coefficient (Wildman–Crippen LogP) is -1.53. The quantitative estimate of drug-likeness (QED) is 0.0199. The second-order valence-corrected chi connectivity index (χ2v) is 22.6. The van der Waals surface area contributed by atoms with Crippen LogP contribution in [0.3, 0.4) is 0 Å². The number of H-pyrrole nitrogens is 1. The Bertz CT molecular complexity index is 2950. The van der Waals surface area contributed by atoms with Crippen molar-refractivity contribution in [1.29, 1.82) is 0 Å². The number of unbranched alkanes of at least 4 members (excludes halogenated alkanes) is 1. The lowest BCUT2D eigenvalue weighted by Crippen LogP contribution is -2.58. The third-order valence-corrected chi connectivity index (χ3v) is 15.8. The van der Waals surface area contributed by atoms with Crippen LogP contribution < -0.4 is 71.2 Å². The first-order valence-electron chi connectivity index (χ1n) is 27.4. The molecule has 84 heavy (non-hydrogen) atoms. The monoisotopic (exact) mass is 1270 g/mol. The Morgan fingerprint density at radius 3 is 2.17 bits per heavy atom. The number of nitrogens with zero attached hydrogens (tertiary/aromatic N) is 5. The van der Waals surface area contributed by atoms with Crippen LogP contribution in [0.4, 0.5) is 5.82 Å². The van der Waals surface area contributed by atoms with Crippen molar-refractivity contribution in [3.8, 4) is 10.7 Å². The Balaban J connectivity index is 1.20. The number of amides is 7. The minimum atomic E-state index is -1.64. The molecule has 458 valence electrons. The zero-order valence-electron chi connectivity index (χ0n) is 47.1. The number of anilines is 1. The molecule has 0 bridgehead atoms. The Hall–Kier alpha value is -6.94. The van der Waals surface area contributed by atoms with Crippen molar-refractivity contribution in [1.82, 2.24) is 72.4 Å². The first kappa shape index (κ1) is 67.8. The average molecular weight is 1270 g/mol. The fraction of sp³-hybridized carbons (Fsp3) is 0.509. The van der Waals surface area contributed by atoms with Crippen molar-refractivity contribution >= 4 is 85.8 Å². The van der Waals surface area contributed by atoms with Crippen LogP contribution in [0.15, 0.2) is 52.0 Å². The number of nitrogens with one attached hydrogen (secondary N) is 9. The van der Waals surface area contributed by atoms with Gasteiger partial charge in [0.2, 0.25) is 29.5 Å². The second kappa shape index (κ2) is 34.7. The highest BCUT2D eigenvalue weighted by Gasteiger charge is 2.36. The van der Waals surface area contributed by atoms with Crippen molar-refractivity contribution in [2.45, 2.75) is 115 Å². The number of aliphatic hydroxyl groups is 2. The summed E-state index contributed by atoms with van der Waals surface area (Å²) in [4.78, 5) is 118. The smallest absolute Gasteiger partial charge is 0.271 e. The van der Waals surface area contributed by atoms with Gasteiger partial charge in [0.1, 0.15) is 45.8 Å².